The van der Waals surface area contributed by atoms with Gasteiger partial charge in [-0.1, -0.05) is 38.1 Å². The molecule has 0 atom stereocenters. The molecule has 1 saturated carbocycles. The summed E-state index contributed by atoms with van der Waals surface area (Å²) in [5, 5.41) is 0. The van der Waals surface area contributed by atoms with Crippen LogP contribution in [-0.4, -0.2) is 11.6 Å². The first kappa shape index (κ1) is 15.1. The summed E-state index contributed by atoms with van der Waals surface area (Å²) in [5.74, 6) is 0.466. The second-order valence-corrected chi connectivity index (χ2v) is 7.32. The maximum absolute atomic E-state index is 12.0. The lowest BCUT2D eigenvalue weighted by Crippen LogP contribution is -2.26. The maximum Gasteiger partial charge on any atom is 0.307 e. The molecule has 1 aliphatic carbocycles. The minimum atomic E-state index is -0.394. The number of carbonyl (C=O) groups excluding carboxylic acids is 1. The SMILES string of the molecule is CC(C)c1ccc(C2(CC(=O)OC(C)(C)C)CC2)cc1. The fourth-order valence-electron chi connectivity index (χ4n) is 2.59. The van der Waals surface area contributed by atoms with Crippen LogP contribution in [0.4, 0.5) is 0 Å². The molecule has 2 heteroatoms. The van der Waals surface area contributed by atoms with Gasteiger partial charge in [0.25, 0.3) is 0 Å². The molecule has 0 bridgehead atoms. The summed E-state index contributed by atoms with van der Waals surface area (Å²) in [6.45, 7) is 10.1. The monoisotopic (exact) mass is 274 g/mol. The van der Waals surface area contributed by atoms with Crippen LogP contribution in [0.2, 0.25) is 0 Å². The van der Waals surface area contributed by atoms with E-state index >= 15 is 0 Å². The zero-order chi connectivity index (χ0) is 15.0. The molecule has 1 aromatic rings. The third kappa shape index (κ3) is 3.62. The molecule has 0 N–H and O–H groups in total. The van der Waals surface area contributed by atoms with Crippen LogP contribution >= 0.6 is 0 Å². The zero-order valence-corrected chi connectivity index (χ0v) is 13.3. The van der Waals surface area contributed by atoms with Gasteiger partial charge in [0, 0.05) is 5.41 Å². The molecule has 0 aliphatic heterocycles. The Kier molecular flexibility index (Phi) is 3.95. The molecule has 0 aromatic heterocycles. The topological polar surface area (TPSA) is 26.3 Å². The lowest BCUT2D eigenvalue weighted by Gasteiger charge is -2.22. The van der Waals surface area contributed by atoms with Gasteiger partial charge in [-0.2, -0.15) is 0 Å². The van der Waals surface area contributed by atoms with Crippen LogP contribution in [0.5, 0.6) is 0 Å². The molecule has 0 saturated heterocycles. The van der Waals surface area contributed by atoms with E-state index in [4.69, 9.17) is 4.74 Å². The Morgan fingerprint density at radius 3 is 2.15 bits per heavy atom. The molecule has 0 heterocycles. The van der Waals surface area contributed by atoms with Crippen LogP contribution in [0.1, 0.15) is 70.9 Å². The average Bonchev–Trinajstić information content (AvgIpc) is 3.07. The van der Waals surface area contributed by atoms with Crippen LogP contribution in [-0.2, 0) is 14.9 Å². The minimum absolute atomic E-state index is 0.0395. The first-order valence-electron chi connectivity index (χ1n) is 7.54. The molecule has 110 valence electrons. The van der Waals surface area contributed by atoms with Crippen molar-refractivity contribution in [3.8, 4) is 0 Å². The molecular weight excluding hydrogens is 248 g/mol. The first-order valence-corrected chi connectivity index (χ1v) is 7.54. The predicted molar refractivity (Wildman–Crippen MR) is 81.9 cm³/mol. The Morgan fingerprint density at radius 1 is 1.20 bits per heavy atom. The molecule has 1 fully saturated rings. The molecule has 0 spiro atoms. The summed E-state index contributed by atoms with van der Waals surface area (Å²) < 4.78 is 5.46. The van der Waals surface area contributed by atoms with E-state index in [1.807, 2.05) is 20.8 Å². The van der Waals surface area contributed by atoms with Gasteiger partial charge in [0.1, 0.15) is 5.60 Å². The summed E-state index contributed by atoms with van der Waals surface area (Å²) >= 11 is 0. The zero-order valence-electron chi connectivity index (χ0n) is 13.3. The van der Waals surface area contributed by atoms with Gasteiger partial charge in [-0.25, -0.2) is 0 Å². The fraction of sp³-hybridized carbons (Fsp3) is 0.611. The Bertz CT molecular complexity index is 473. The second kappa shape index (κ2) is 5.23. The highest BCUT2D eigenvalue weighted by molar-refractivity contribution is 5.72. The number of ether oxygens (including phenoxy) is 1. The standard InChI is InChI=1S/C18H26O2/c1-13(2)14-6-8-15(9-7-14)18(10-11-18)12-16(19)20-17(3,4)5/h6-9,13H,10-12H2,1-5H3. The van der Waals surface area contributed by atoms with Gasteiger partial charge in [0.05, 0.1) is 6.42 Å². The highest BCUT2D eigenvalue weighted by atomic mass is 16.6. The third-order valence-electron chi connectivity index (χ3n) is 3.95. The Morgan fingerprint density at radius 2 is 1.75 bits per heavy atom. The van der Waals surface area contributed by atoms with Crippen molar-refractivity contribution in [1.29, 1.82) is 0 Å². The van der Waals surface area contributed by atoms with E-state index in [1.165, 1.54) is 11.1 Å². The van der Waals surface area contributed by atoms with Crippen molar-refractivity contribution in [2.24, 2.45) is 0 Å². The van der Waals surface area contributed by atoms with Crippen LogP contribution in [0.25, 0.3) is 0 Å². The van der Waals surface area contributed by atoms with E-state index in [0.29, 0.717) is 12.3 Å². The Hall–Kier alpha value is -1.31. The van der Waals surface area contributed by atoms with Gasteiger partial charge < -0.3 is 4.74 Å². The van der Waals surface area contributed by atoms with Crippen molar-refractivity contribution in [2.75, 3.05) is 0 Å². The third-order valence-corrected chi connectivity index (χ3v) is 3.95. The van der Waals surface area contributed by atoms with Crippen LogP contribution in [0.15, 0.2) is 24.3 Å². The first-order chi connectivity index (χ1) is 9.22. The van der Waals surface area contributed by atoms with Crippen LogP contribution in [0, 0.1) is 0 Å². The van der Waals surface area contributed by atoms with Crippen LogP contribution < -0.4 is 0 Å². The predicted octanol–water partition coefficient (Wildman–Crippen LogP) is 4.57. The average molecular weight is 274 g/mol. The summed E-state index contributed by atoms with van der Waals surface area (Å²) in [7, 11) is 0. The highest BCUT2D eigenvalue weighted by Gasteiger charge is 2.46. The smallest absolute Gasteiger partial charge is 0.307 e. The number of rotatable bonds is 4. The minimum Gasteiger partial charge on any atom is -0.460 e. The second-order valence-electron chi connectivity index (χ2n) is 7.32. The van der Waals surface area contributed by atoms with E-state index in [9.17, 15) is 4.79 Å². The molecule has 2 rings (SSSR count). The highest BCUT2D eigenvalue weighted by Crippen LogP contribution is 2.51. The van der Waals surface area contributed by atoms with Gasteiger partial charge in [-0.3, -0.25) is 4.79 Å². The molecule has 1 aliphatic rings. The largest absolute Gasteiger partial charge is 0.460 e. The van der Waals surface area contributed by atoms with Crippen LogP contribution in [0.3, 0.4) is 0 Å². The van der Waals surface area contributed by atoms with Crippen molar-refractivity contribution in [3.63, 3.8) is 0 Å². The van der Waals surface area contributed by atoms with E-state index < -0.39 is 5.60 Å². The van der Waals surface area contributed by atoms with Crippen molar-refractivity contribution in [2.45, 2.75) is 70.8 Å². The number of hydrogen-bond acceptors (Lipinski definition) is 2. The number of esters is 1. The molecule has 2 nitrogen and oxygen atoms in total. The van der Waals surface area contributed by atoms with E-state index in [2.05, 4.69) is 38.1 Å². The van der Waals surface area contributed by atoms with Crippen molar-refractivity contribution in [1.82, 2.24) is 0 Å². The molecule has 0 amide bonds. The summed E-state index contributed by atoms with van der Waals surface area (Å²) in [6, 6.07) is 8.75. The molecular formula is C18H26O2. The van der Waals surface area contributed by atoms with E-state index in [-0.39, 0.29) is 11.4 Å². The lowest BCUT2D eigenvalue weighted by molar-refractivity contribution is -0.155. The lowest BCUT2D eigenvalue weighted by atomic mass is 9.90. The van der Waals surface area contributed by atoms with Gasteiger partial charge in [0.2, 0.25) is 0 Å². The fourth-order valence-corrected chi connectivity index (χ4v) is 2.59. The quantitative estimate of drug-likeness (QED) is 0.752. The van der Waals surface area contributed by atoms with Gasteiger partial charge in [0.15, 0.2) is 0 Å². The summed E-state index contributed by atoms with van der Waals surface area (Å²) in [4.78, 5) is 12.0. The Labute approximate surface area is 122 Å². The van der Waals surface area contributed by atoms with E-state index in [0.717, 1.165) is 12.8 Å². The maximum atomic E-state index is 12.0. The number of hydrogen-bond donors (Lipinski definition) is 0. The van der Waals surface area contributed by atoms with Crippen molar-refractivity contribution >= 4 is 5.97 Å². The molecule has 0 unspecified atom stereocenters. The normalized spacial score (nSPS) is 17.1. The van der Waals surface area contributed by atoms with E-state index in [1.54, 1.807) is 0 Å². The van der Waals surface area contributed by atoms with Gasteiger partial charge >= 0.3 is 5.97 Å². The van der Waals surface area contributed by atoms with Crippen molar-refractivity contribution in [3.05, 3.63) is 35.4 Å². The summed E-state index contributed by atoms with van der Waals surface area (Å²) in [5.41, 5.74) is 2.28. The number of benzene rings is 1. The molecule has 20 heavy (non-hydrogen) atoms. The number of carbonyl (C=O) groups is 1. The Balaban J connectivity index is 2.06. The summed E-state index contributed by atoms with van der Waals surface area (Å²) in [6.07, 6.45) is 2.69. The van der Waals surface area contributed by atoms with Gasteiger partial charge in [-0.15, -0.1) is 0 Å². The van der Waals surface area contributed by atoms with Crippen molar-refractivity contribution < 1.29 is 9.53 Å². The molecule has 1 aromatic carbocycles. The molecule has 0 radical (unpaired) electrons. The van der Waals surface area contributed by atoms with Gasteiger partial charge in [-0.05, 0) is 50.7 Å².